The Kier molecular flexibility index (Phi) is 5.39. The van der Waals surface area contributed by atoms with E-state index in [4.69, 9.17) is 5.11 Å². The summed E-state index contributed by atoms with van der Waals surface area (Å²) in [4.78, 5) is 11.9. The largest absolute Gasteiger partial charge is 0.396 e. The number of amides is 1. The monoisotopic (exact) mass is 235 g/mol. The van der Waals surface area contributed by atoms with E-state index in [0.29, 0.717) is 5.69 Å². The van der Waals surface area contributed by atoms with Crippen molar-refractivity contribution in [2.24, 2.45) is 5.92 Å². The van der Waals surface area contributed by atoms with Gasteiger partial charge in [-0.1, -0.05) is 24.3 Å². The van der Waals surface area contributed by atoms with E-state index in [1.165, 1.54) is 6.08 Å². The molecule has 0 heterocycles. The van der Waals surface area contributed by atoms with Crippen molar-refractivity contribution in [3.8, 4) is 0 Å². The number of nitrogens with one attached hydrogen (secondary N) is 1. The number of hydrogen-bond acceptors (Lipinski definition) is 3. The van der Waals surface area contributed by atoms with Crippen molar-refractivity contribution in [3.63, 3.8) is 0 Å². The molecule has 0 saturated heterocycles. The van der Waals surface area contributed by atoms with Gasteiger partial charge in [-0.2, -0.15) is 0 Å². The number of anilines is 1. The van der Waals surface area contributed by atoms with Crippen molar-refractivity contribution < 1.29 is 15.0 Å². The number of benzene rings is 1. The second-order valence-electron chi connectivity index (χ2n) is 3.70. The van der Waals surface area contributed by atoms with Crippen LogP contribution in [0.4, 0.5) is 5.69 Å². The summed E-state index contributed by atoms with van der Waals surface area (Å²) in [6, 6.07) is 8.98. The SMILES string of the molecule is C=CC(O)C(CCO)C(=O)Nc1ccccc1. The molecule has 2 atom stereocenters. The molecular weight excluding hydrogens is 218 g/mol. The summed E-state index contributed by atoms with van der Waals surface area (Å²) in [7, 11) is 0. The zero-order valence-corrected chi connectivity index (χ0v) is 9.54. The maximum Gasteiger partial charge on any atom is 0.230 e. The summed E-state index contributed by atoms with van der Waals surface area (Å²) in [6.45, 7) is 3.29. The van der Waals surface area contributed by atoms with E-state index in [2.05, 4.69) is 11.9 Å². The number of aliphatic hydroxyl groups excluding tert-OH is 2. The Balaban J connectivity index is 2.68. The minimum atomic E-state index is -0.953. The highest BCUT2D eigenvalue weighted by molar-refractivity contribution is 5.93. The Labute approximate surface area is 101 Å². The van der Waals surface area contributed by atoms with Crippen LogP contribution in [0.2, 0.25) is 0 Å². The third kappa shape index (κ3) is 4.01. The van der Waals surface area contributed by atoms with Gasteiger partial charge in [0.1, 0.15) is 0 Å². The summed E-state index contributed by atoms with van der Waals surface area (Å²) in [5, 5.41) is 21.2. The van der Waals surface area contributed by atoms with E-state index >= 15 is 0 Å². The second kappa shape index (κ2) is 6.83. The molecule has 1 aromatic carbocycles. The predicted molar refractivity (Wildman–Crippen MR) is 66.5 cm³/mol. The molecule has 0 fully saturated rings. The van der Waals surface area contributed by atoms with Gasteiger partial charge in [0.25, 0.3) is 0 Å². The first-order chi connectivity index (χ1) is 8.19. The number of para-hydroxylation sites is 1. The molecule has 0 spiro atoms. The molecule has 4 nitrogen and oxygen atoms in total. The lowest BCUT2D eigenvalue weighted by Crippen LogP contribution is -2.32. The minimum absolute atomic E-state index is 0.155. The molecule has 0 bridgehead atoms. The van der Waals surface area contributed by atoms with Gasteiger partial charge in [0, 0.05) is 12.3 Å². The molecule has 1 amide bonds. The fraction of sp³-hybridized carbons (Fsp3) is 0.308. The van der Waals surface area contributed by atoms with Gasteiger partial charge in [0.15, 0.2) is 0 Å². The molecule has 0 aliphatic heterocycles. The molecule has 0 aliphatic carbocycles. The van der Waals surface area contributed by atoms with Crippen molar-refractivity contribution in [2.45, 2.75) is 12.5 Å². The lowest BCUT2D eigenvalue weighted by atomic mass is 9.98. The van der Waals surface area contributed by atoms with Crippen LogP contribution in [0.1, 0.15) is 6.42 Å². The van der Waals surface area contributed by atoms with Crippen molar-refractivity contribution in [3.05, 3.63) is 43.0 Å². The van der Waals surface area contributed by atoms with E-state index in [1.54, 1.807) is 24.3 Å². The number of carbonyl (C=O) groups is 1. The third-order valence-electron chi connectivity index (χ3n) is 2.47. The van der Waals surface area contributed by atoms with Crippen molar-refractivity contribution >= 4 is 11.6 Å². The number of aliphatic hydroxyl groups is 2. The maximum atomic E-state index is 11.9. The molecule has 3 N–H and O–H groups in total. The van der Waals surface area contributed by atoms with Crippen LogP contribution >= 0.6 is 0 Å². The first kappa shape index (κ1) is 13.4. The van der Waals surface area contributed by atoms with Crippen molar-refractivity contribution in [2.75, 3.05) is 11.9 Å². The van der Waals surface area contributed by atoms with Gasteiger partial charge < -0.3 is 15.5 Å². The average molecular weight is 235 g/mol. The summed E-state index contributed by atoms with van der Waals surface area (Å²) in [5.41, 5.74) is 0.664. The molecule has 0 aliphatic rings. The van der Waals surface area contributed by atoms with E-state index in [0.717, 1.165) is 0 Å². The topological polar surface area (TPSA) is 69.6 Å². The zero-order chi connectivity index (χ0) is 12.7. The lowest BCUT2D eigenvalue weighted by Gasteiger charge is -2.18. The summed E-state index contributed by atoms with van der Waals surface area (Å²) in [6.07, 6.45) is 0.544. The molecule has 2 unspecified atom stereocenters. The minimum Gasteiger partial charge on any atom is -0.396 e. The van der Waals surface area contributed by atoms with Crippen LogP contribution in [0, 0.1) is 5.92 Å². The molecule has 92 valence electrons. The number of hydrogen-bond donors (Lipinski definition) is 3. The van der Waals surface area contributed by atoms with Gasteiger partial charge >= 0.3 is 0 Å². The Bertz CT molecular complexity index is 364. The zero-order valence-electron chi connectivity index (χ0n) is 9.54. The van der Waals surface area contributed by atoms with Gasteiger partial charge in [-0.05, 0) is 18.6 Å². The Morgan fingerprint density at radius 1 is 1.41 bits per heavy atom. The summed E-state index contributed by atoms with van der Waals surface area (Å²) >= 11 is 0. The molecule has 0 aromatic heterocycles. The predicted octanol–water partition coefficient (Wildman–Crippen LogP) is 1.17. The lowest BCUT2D eigenvalue weighted by molar-refractivity contribution is -0.122. The molecule has 0 saturated carbocycles. The van der Waals surface area contributed by atoms with Crippen LogP contribution in [0.5, 0.6) is 0 Å². The third-order valence-corrected chi connectivity index (χ3v) is 2.47. The molecular formula is C13H17NO3. The van der Waals surface area contributed by atoms with Crippen LogP contribution in [-0.2, 0) is 4.79 Å². The Morgan fingerprint density at radius 3 is 2.59 bits per heavy atom. The maximum absolute atomic E-state index is 11.9. The first-order valence-electron chi connectivity index (χ1n) is 5.46. The van der Waals surface area contributed by atoms with Crippen LogP contribution in [-0.4, -0.2) is 28.8 Å². The fourth-order valence-electron chi connectivity index (χ4n) is 1.52. The van der Waals surface area contributed by atoms with E-state index in [-0.39, 0.29) is 18.9 Å². The van der Waals surface area contributed by atoms with Crippen LogP contribution in [0.15, 0.2) is 43.0 Å². The molecule has 1 rings (SSSR count). The van der Waals surface area contributed by atoms with Gasteiger partial charge in [0.2, 0.25) is 5.91 Å². The van der Waals surface area contributed by atoms with Gasteiger partial charge in [-0.15, -0.1) is 6.58 Å². The Morgan fingerprint density at radius 2 is 2.06 bits per heavy atom. The van der Waals surface area contributed by atoms with Crippen molar-refractivity contribution in [1.29, 1.82) is 0 Å². The van der Waals surface area contributed by atoms with E-state index in [9.17, 15) is 9.90 Å². The number of rotatable bonds is 6. The summed E-state index contributed by atoms with van der Waals surface area (Å²) < 4.78 is 0. The smallest absolute Gasteiger partial charge is 0.230 e. The fourth-order valence-corrected chi connectivity index (χ4v) is 1.52. The van der Waals surface area contributed by atoms with Crippen molar-refractivity contribution in [1.82, 2.24) is 0 Å². The molecule has 4 heteroatoms. The van der Waals surface area contributed by atoms with E-state index < -0.39 is 12.0 Å². The van der Waals surface area contributed by atoms with Gasteiger partial charge in [0.05, 0.1) is 12.0 Å². The van der Waals surface area contributed by atoms with E-state index in [1.807, 2.05) is 6.07 Å². The van der Waals surface area contributed by atoms with Crippen LogP contribution < -0.4 is 5.32 Å². The first-order valence-corrected chi connectivity index (χ1v) is 5.46. The summed E-state index contributed by atoms with van der Waals surface area (Å²) in [5.74, 6) is -1.00. The van der Waals surface area contributed by atoms with Crippen LogP contribution in [0.25, 0.3) is 0 Å². The highest BCUT2D eigenvalue weighted by atomic mass is 16.3. The Hall–Kier alpha value is -1.65. The second-order valence-corrected chi connectivity index (χ2v) is 3.70. The normalized spacial score (nSPS) is 13.8. The van der Waals surface area contributed by atoms with Gasteiger partial charge in [-0.3, -0.25) is 4.79 Å². The number of carbonyl (C=O) groups excluding carboxylic acids is 1. The molecule has 0 radical (unpaired) electrons. The standard InChI is InChI=1S/C13H17NO3/c1-2-12(16)11(8-9-15)13(17)14-10-6-4-3-5-7-10/h2-7,11-12,15-16H,1,8-9H2,(H,14,17). The molecule has 1 aromatic rings. The highest BCUT2D eigenvalue weighted by Crippen LogP contribution is 2.14. The van der Waals surface area contributed by atoms with Crippen LogP contribution in [0.3, 0.4) is 0 Å². The average Bonchev–Trinajstić information content (AvgIpc) is 2.36. The van der Waals surface area contributed by atoms with Gasteiger partial charge in [-0.25, -0.2) is 0 Å². The highest BCUT2D eigenvalue weighted by Gasteiger charge is 2.24. The molecule has 17 heavy (non-hydrogen) atoms. The quantitative estimate of drug-likeness (QED) is 0.648.